The van der Waals surface area contributed by atoms with Crippen LogP contribution in [0.15, 0.2) is 24.8 Å². The molecule has 6 nitrogen and oxygen atoms in total. The Kier molecular flexibility index (Phi) is 4.11. The molecule has 0 aliphatic carbocycles. The summed E-state index contributed by atoms with van der Waals surface area (Å²) >= 11 is 0. The smallest absolute Gasteiger partial charge is 0.234 e. The van der Waals surface area contributed by atoms with Crippen molar-refractivity contribution in [1.82, 2.24) is 19.7 Å². The van der Waals surface area contributed by atoms with Crippen LogP contribution in [0.2, 0.25) is 0 Å². The standard InChI is InChI=1S/C12H17N5O/c1-3-18-12-8-13-7-11(16-12)14-5-4-10-6-15-17(2)9-10/h6-9H,3-5H2,1-2H3,(H,14,16). The molecule has 0 radical (unpaired) electrons. The Bertz CT molecular complexity index is 497. The SMILES string of the molecule is CCOc1cncc(NCCc2cnn(C)c2)n1. The molecule has 0 unspecified atom stereocenters. The minimum atomic E-state index is 0.545. The van der Waals surface area contributed by atoms with Gasteiger partial charge in [0.2, 0.25) is 5.88 Å². The van der Waals surface area contributed by atoms with Gasteiger partial charge in [-0.1, -0.05) is 0 Å². The van der Waals surface area contributed by atoms with Gasteiger partial charge in [-0.15, -0.1) is 0 Å². The average molecular weight is 247 g/mol. The number of rotatable bonds is 6. The first-order valence-corrected chi connectivity index (χ1v) is 5.94. The second-order valence-electron chi connectivity index (χ2n) is 3.87. The van der Waals surface area contributed by atoms with E-state index in [1.54, 1.807) is 17.1 Å². The summed E-state index contributed by atoms with van der Waals surface area (Å²) in [5, 5.41) is 7.33. The van der Waals surface area contributed by atoms with Gasteiger partial charge >= 0.3 is 0 Å². The van der Waals surface area contributed by atoms with Gasteiger partial charge in [-0.05, 0) is 18.9 Å². The third-order valence-corrected chi connectivity index (χ3v) is 2.38. The molecule has 18 heavy (non-hydrogen) atoms. The Morgan fingerprint density at radius 3 is 2.94 bits per heavy atom. The number of anilines is 1. The van der Waals surface area contributed by atoms with Gasteiger partial charge in [-0.3, -0.25) is 9.67 Å². The Balaban J connectivity index is 1.84. The number of hydrogen-bond donors (Lipinski definition) is 1. The number of aryl methyl sites for hydroxylation is 1. The molecule has 0 atom stereocenters. The summed E-state index contributed by atoms with van der Waals surface area (Å²) in [6, 6.07) is 0. The van der Waals surface area contributed by atoms with E-state index in [1.807, 2.05) is 26.4 Å². The third kappa shape index (κ3) is 3.44. The lowest BCUT2D eigenvalue weighted by Gasteiger charge is -2.06. The number of hydrogen-bond acceptors (Lipinski definition) is 5. The van der Waals surface area contributed by atoms with Crippen LogP contribution < -0.4 is 10.1 Å². The summed E-state index contributed by atoms with van der Waals surface area (Å²) in [5.74, 6) is 1.27. The molecular weight excluding hydrogens is 230 g/mol. The fourth-order valence-corrected chi connectivity index (χ4v) is 1.59. The molecule has 0 aliphatic rings. The fraction of sp³-hybridized carbons (Fsp3) is 0.417. The molecule has 2 aromatic rings. The Morgan fingerprint density at radius 1 is 1.33 bits per heavy atom. The molecule has 0 saturated heterocycles. The maximum Gasteiger partial charge on any atom is 0.234 e. The molecule has 0 spiro atoms. The zero-order valence-corrected chi connectivity index (χ0v) is 10.6. The predicted octanol–water partition coefficient (Wildman–Crippen LogP) is 1.26. The van der Waals surface area contributed by atoms with Crippen molar-refractivity contribution in [2.24, 2.45) is 7.05 Å². The van der Waals surface area contributed by atoms with Crippen LogP contribution >= 0.6 is 0 Å². The molecule has 0 aliphatic heterocycles. The molecule has 2 aromatic heterocycles. The second kappa shape index (κ2) is 6.00. The minimum Gasteiger partial charge on any atom is -0.477 e. The molecular formula is C12H17N5O. The first-order valence-electron chi connectivity index (χ1n) is 5.94. The Labute approximate surface area is 106 Å². The molecule has 0 saturated carbocycles. The number of ether oxygens (including phenoxy) is 1. The van der Waals surface area contributed by atoms with E-state index in [0.29, 0.717) is 12.5 Å². The van der Waals surface area contributed by atoms with E-state index in [1.165, 1.54) is 5.56 Å². The fourth-order valence-electron chi connectivity index (χ4n) is 1.59. The van der Waals surface area contributed by atoms with Crippen LogP contribution in [0.1, 0.15) is 12.5 Å². The molecule has 2 heterocycles. The van der Waals surface area contributed by atoms with E-state index in [9.17, 15) is 0 Å². The normalized spacial score (nSPS) is 10.3. The number of nitrogens with one attached hydrogen (secondary N) is 1. The molecule has 0 fully saturated rings. The molecule has 0 bridgehead atoms. The number of nitrogens with zero attached hydrogens (tertiary/aromatic N) is 4. The summed E-state index contributed by atoms with van der Waals surface area (Å²) in [4.78, 5) is 8.35. The quantitative estimate of drug-likeness (QED) is 0.832. The maximum atomic E-state index is 5.29. The van der Waals surface area contributed by atoms with Crippen molar-refractivity contribution in [3.05, 3.63) is 30.4 Å². The zero-order chi connectivity index (χ0) is 12.8. The van der Waals surface area contributed by atoms with E-state index >= 15 is 0 Å². The van der Waals surface area contributed by atoms with Crippen LogP contribution in [0.25, 0.3) is 0 Å². The molecule has 2 rings (SSSR count). The van der Waals surface area contributed by atoms with E-state index in [4.69, 9.17) is 4.74 Å². The average Bonchev–Trinajstić information content (AvgIpc) is 2.76. The highest BCUT2D eigenvalue weighted by Gasteiger charge is 2.00. The highest BCUT2D eigenvalue weighted by atomic mass is 16.5. The first-order chi connectivity index (χ1) is 8.78. The highest BCUT2D eigenvalue weighted by molar-refractivity contribution is 5.33. The zero-order valence-electron chi connectivity index (χ0n) is 10.6. The van der Waals surface area contributed by atoms with Crippen LogP contribution in [0, 0.1) is 0 Å². The summed E-state index contributed by atoms with van der Waals surface area (Å²) in [5.41, 5.74) is 1.19. The molecule has 6 heteroatoms. The van der Waals surface area contributed by atoms with Gasteiger partial charge in [0.15, 0.2) is 0 Å². The summed E-state index contributed by atoms with van der Waals surface area (Å²) < 4.78 is 7.08. The van der Waals surface area contributed by atoms with Crippen molar-refractivity contribution in [2.45, 2.75) is 13.3 Å². The van der Waals surface area contributed by atoms with Crippen LogP contribution in [0.5, 0.6) is 5.88 Å². The van der Waals surface area contributed by atoms with E-state index in [2.05, 4.69) is 20.4 Å². The molecule has 0 amide bonds. The van der Waals surface area contributed by atoms with Gasteiger partial charge in [0, 0.05) is 19.8 Å². The minimum absolute atomic E-state index is 0.545. The highest BCUT2D eigenvalue weighted by Crippen LogP contribution is 2.09. The van der Waals surface area contributed by atoms with Crippen LogP contribution in [0.4, 0.5) is 5.82 Å². The second-order valence-corrected chi connectivity index (χ2v) is 3.87. The lowest BCUT2D eigenvalue weighted by atomic mass is 10.2. The topological polar surface area (TPSA) is 64.9 Å². The van der Waals surface area contributed by atoms with Gasteiger partial charge in [0.1, 0.15) is 5.82 Å². The van der Waals surface area contributed by atoms with Crippen molar-refractivity contribution >= 4 is 5.82 Å². The van der Waals surface area contributed by atoms with Crippen molar-refractivity contribution in [3.63, 3.8) is 0 Å². The third-order valence-electron chi connectivity index (χ3n) is 2.38. The Morgan fingerprint density at radius 2 is 2.22 bits per heavy atom. The monoisotopic (exact) mass is 247 g/mol. The van der Waals surface area contributed by atoms with E-state index in [-0.39, 0.29) is 0 Å². The van der Waals surface area contributed by atoms with Crippen LogP contribution in [-0.4, -0.2) is 32.9 Å². The first kappa shape index (κ1) is 12.3. The van der Waals surface area contributed by atoms with Crippen LogP contribution in [0.3, 0.4) is 0 Å². The Hall–Kier alpha value is -2.11. The van der Waals surface area contributed by atoms with Gasteiger partial charge in [0.05, 0.1) is 25.2 Å². The van der Waals surface area contributed by atoms with Gasteiger partial charge in [0.25, 0.3) is 0 Å². The largest absolute Gasteiger partial charge is 0.477 e. The predicted molar refractivity (Wildman–Crippen MR) is 68.6 cm³/mol. The number of aromatic nitrogens is 4. The van der Waals surface area contributed by atoms with Crippen molar-refractivity contribution in [3.8, 4) is 5.88 Å². The van der Waals surface area contributed by atoms with Gasteiger partial charge in [-0.2, -0.15) is 10.1 Å². The van der Waals surface area contributed by atoms with Crippen molar-refractivity contribution in [2.75, 3.05) is 18.5 Å². The molecule has 96 valence electrons. The summed E-state index contributed by atoms with van der Waals surface area (Å²) in [6.07, 6.45) is 8.06. The lowest BCUT2D eigenvalue weighted by Crippen LogP contribution is -2.07. The molecule has 1 N–H and O–H groups in total. The lowest BCUT2D eigenvalue weighted by molar-refractivity contribution is 0.325. The molecule has 0 aromatic carbocycles. The van der Waals surface area contributed by atoms with Gasteiger partial charge in [-0.25, -0.2) is 0 Å². The van der Waals surface area contributed by atoms with Crippen LogP contribution in [-0.2, 0) is 13.5 Å². The van der Waals surface area contributed by atoms with Gasteiger partial charge < -0.3 is 10.1 Å². The van der Waals surface area contributed by atoms with Crippen molar-refractivity contribution in [1.29, 1.82) is 0 Å². The van der Waals surface area contributed by atoms with E-state index < -0.39 is 0 Å². The van der Waals surface area contributed by atoms with Crippen molar-refractivity contribution < 1.29 is 4.74 Å². The summed E-state index contributed by atoms with van der Waals surface area (Å²) in [6.45, 7) is 3.30. The summed E-state index contributed by atoms with van der Waals surface area (Å²) in [7, 11) is 1.91. The van der Waals surface area contributed by atoms with E-state index in [0.717, 1.165) is 18.8 Å². The maximum absolute atomic E-state index is 5.29.